The maximum Gasteiger partial charge on any atom is 0.333 e. The van der Waals surface area contributed by atoms with E-state index in [1.54, 1.807) is 30.3 Å². The molecule has 184 valence electrons. The summed E-state index contributed by atoms with van der Waals surface area (Å²) in [5.41, 5.74) is 2.10. The number of benzene rings is 2. The number of fused-ring (bicyclic) bond motifs is 1. The number of amides is 2. The van der Waals surface area contributed by atoms with Crippen LogP contribution in [-0.4, -0.2) is 54.9 Å². The van der Waals surface area contributed by atoms with E-state index in [2.05, 4.69) is 20.2 Å². The number of rotatable bonds is 5. The summed E-state index contributed by atoms with van der Waals surface area (Å²) >= 11 is 6.61. The van der Waals surface area contributed by atoms with Crippen LogP contribution in [0.1, 0.15) is 5.56 Å². The number of nitrogens with one attached hydrogen (secondary N) is 2. The van der Waals surface area contributed by atoms with Crippen LogP contribution in [0, 0.1) is 0 Å². The summed E-state index contributed by atoms with van der Waals surface area (Å²) in [5.74, 6) is 0.877. The van der Waals surface area contributed by atoms with Crippen molar-refractivity contribution in [3.63, 3.8) is 0 Å². The molecule has 0 spiro atoms. The van der Waals surface area contributed by atoms with E-state index in [1.165, 1.54) is 23.0 Å². The number of aromatic nitrogens is 2. The van der Waals surface area contributed by atoms with Gasteiger partial charge in [0.15, 0.2) is 0 Å². The first-order chi connectivity index (χ1) is 17.2. The van der Waals surface area contributed by atoms with Crippen LogP contribution in [0.4, 0.5) is 10.5 Å². The zero-order chi connectivity index (χ0) is 25.4. The molecule has 2 aromatic carbocycles. The van der Waals surface area contributed by atoms with Crippen molar-refractivity contribution in [3.8, 4) is 5.69 Å². The molecule has 1 aliphatic heterocycles. The molecule has 13 heteroatoms. The van der Waals surface area contributed by atoms with E-state index in [0.29, 0.717) is 26.6 Å². The van der Waals surface area contributed by atoms with Gasteiger partial charge in [0, 0.05) is 24.8 Å². The fourth-order valence-electron chi connectivity index (χ4n) is 3.77. The van der Waals surface area contributed by atoms with Gasteiger partial charge in [0.2, 0.25) is 0 Å². The van der Waals surface area contributed by atoms with Gasteiger partial charge < -0.3 is 10.2 Å². The number of amidine groups is 1. The summed E-state index contributed by atoms with van der Waals surface area (Å²) in [6.45, 7) is 1.60. The van der Waals surface area contributed by atoms with E-state index in [0.717, 1.165) is 35.8 Å². The van der Waals surface area contributed by atoms with Crippen molar-refractivity contribution in [1.82, 2.24) is 19.2 Å². The van der Waals surface area contributed by atoms with Crippen LogP contribution >= 0.6 is 22.9 Å². The van der Waals surface area contributed by atoms with Crippen LogP contribution in [-0.2, 0) is 10.0 Å². The van der Waals surface area contributed by atoms with Crippen molar-refractivity contribution in [2.24, 2.45) is 4.99 Å². The highest BCUT2D eigenvalue weighted by atomic mass is 35.5. The van der Waals surface area contributed by atoms with Gasteiger partial charge >= 0.3 is 6.03 Å². The zero-order valence-corrected chi connectivity index (χ0v) is 21.2. The number of anilines is 1. The molecule has 0 aliphatic carbocycles. The van der Waals surface area contributed by atoms with Crippen molar-refractivity contribution < 1.29 is 13.2 Å². The minimum atomic E-state index is -4.04. The van der Waals surface area contributed by atoms with E-state index in [-0.39, 0.29) is 9.77 Å². The van der Waals surface area contributed by atoms with Gasteiger partial charge in [-0.2, -0.15) is 0 Å². The molecule has 0 atom stereocenters. The molecule has 0 saturated heterocycles. The summed E-state index contributed by atoms with van der Waals surface area (Å²) < 4.78 is 28.1. The van der Waals surface area contributed by atoms with Crippen LogP contribution < -0.4 is 15.6 Å². The van der Waals surface area contributed by atoms with Gasteiger partial charge in [0.05, 0.1) is 27.5 Å². The normalized spacial score (nSPS) is 13.6. The second kappa shape index (κ2) is 9.37. The van der Waals surface area contributed by atoms with E-state index in [1.807, 2.05) is 23.9 Å². The smallest absolute Gasteiger partial charge is 0.333 e. The number of thiophene rings is 1. The summed E-state index contributed by atoms with van der Waals surface area (Å²) in [6.07, 6.45) is 1.45. The number of carbonyl (C=O) groups excluding carboxylic acids is 1. The Balaban J connectivity index is 1.33. The molecule has 2 aromatic heterocycles. The van der Waals surface area contributed by atoms with Crippen molar-refractivity contribution in [2.75, 3.05) is 25.5 Å². The minimum absolute atomic E-state index is 0.0726. The summed E-state index contributed by atoms with van der Waals surface area (Å²) in [7, 11) is -2.07. The highest BCUT2D eigenvalue weighted by Gasteiger charge is 2.20. The Morgan fingerprint density at radius 2 is 1.89 bits per heavy atom. The summed E-state index contributed by atoms with van der Waals surface area (Å²) in [5, 5.41) is 2.92. The van der Waals surface area contributed by atoms with Gasteiger partial charge in [0.1, 0.15) is 16.4 Å². The third-order valence-corrected chi connectivity index (χ3v) is 8.57. The van der Waals surface area contributed by atoms with E-state index < -0.39 is 16.1 Å². The Hall–Kier alpha value is -3.74. The Kier molecular flexibility index (Phi) is 6.24. The summed E-state index contributed by atoms with van der Waals surface area (Å²) in [6, 6.07) is 13.6. The van der Waals surface area contributed by atoms with E-state index in [9.17, 15) is 18.0 Å². The maximum atomic E-state index is 13.1. The lowest BCUT2D eigenvalue weighted by atomic mass is 10.1. The number of urea groups is 1. The Labute approximate surface area is 214 Å². The molecule has 1 aliphatic rings. The van der Waals surface area contributed by atoms with Gasteiger partial charge in [0.25, 0.3) is 15.6 Å². The maximum absolute atomic E-state index is 13.1. The summed E-state index contributed by atoms with van der Waals surface area (Å²) in [4.78, 5) is 36.3. The first-order valence-electron chi connectivity index (χ1n) is 10.7. The molecular weight excluding hydrogens is 524 g/mol. The average Bonchev–Trinajstić information content (AvgIpc) is 3.48. The first kappa shape index (κ1) is 24.0. The van der Waals surface area contributed by atoms with E-state index in [4.69, 9.17) is 11.6 Å². The monoisotopic (exact) mass is 542 g/mol. The number of hydrogen-bond donors (Lipinski definition) is 2. The molecule has 2 amide bonds. The minimum Gasteiger partial charge on any atom is -0.358 e. The molecule has 0 fully saturated rings. The van der Waals surface area contributed by atoms with Crippen LogP contribution in [0.15, 0.2) is 74.9 Å². The molecule has 10 nitrogen and oxygen atoms in total. The molecular formula is C23H19ClN6O4S2. The molecule has 5 rings (SSSR count). The van der Waals surface area contributed by atoms with Gasteiger partial charge in [-0.1, -0.05) is 17.7 Å². The molecule has 36 heavy (non-hydrogen) atoms. The van der Waals surface area contributed by atoms with Crippen molar-refractivity contribution in [1.29, 1.82) is 0 Å². The predicted molar refractivity (Wildman–Crippen MR) is 140 cm³/mol. The fourth-order valence-corrected chi connectivity index (χ4v) is 6.16. The molecule has 0 radical (unpaired) electrons. The third-order valence-electron chi connectivity index (χ3n) is 5.52. The van der Waals surface area contributed by atoms with Crippen LogP contribution in [0.25, 0.3) is 16.6 Å². The molecule has 3 heterocycles. The number of halogens is 1. The molecule has 0 unspecified atom stereocenters. The zero-order valence-electron chi connectivity index (χ0n) is 18.8. The average molecular weight is 543 g/mol. The highest BCUT2D eigenvalue weighted by Crippen LogP contribution is 2.25. The van der Waals surface area contributed by atoms with Crippen molar-refractivity contribution in [2.45, 2.75) is 4.21 Å². The number of carbonyl (C=O) groups is 1. The van der Waals surface area contributed by atoms with Crippen LogP contribution in [0.2, 0.25) is 4.34 Å². The van der Waals surface area contributed by atoms with Crippen LogP contribution in [0.5, 0.6) is 0 Å². The number of likely N-dealkylation sites (N-methyl/N-ethyl adjacent to an activating group) is 1. The quantitative estimate of drug-likeness (QED) is 0.398. The Morgan fingerprint density at radius 1 is 1.11 bits per heavy atom. The van der Waals surface area contributed by atoms with Crippen molar-refractivity contribution in [3.05, 3.63) is 81.2 Å². The Bertz CT molecular complexity index is 1680. The fraction of sp³-hybridized carbons (Fsp3) is 0.130. The number of hydrogen-bond acceptors (Lipinski definition) is 8. The van der Waals surface area contributed by atoms with Gasteiger partial charge in [-0.15, -0.1) is 11.3 Å². The third kappa shape index (κ3) is 4.70. The first-order valence-corrected chi connectivity index (χ1v) is 13.4. The van der Waals surface area contributed by atoms with Crippen LogP contribution in [0.3, 0.4) is 0 Å². The molecule has 4 aromatic rings. The second-order valence-electron chi connectivity index (χ2n) is 7.94. The highest BCUT2D eigenvalue weighted by molar-refractivity contribution is 7.92. The number of nitrogens with zero attached hydrogens (tertiary/aromatic N) is 4. The lowest BCUT2D eigenvalue weighted by Crippen LogP contribution is -2.33. The molecule has 0 bridgehead atoms. The SMILES string of the molecule is CN1CCN=C1c1ccc2c(=O)n(-c3ccc(NC(=O)NS(=O)(=O)c4ccc(Cl)s4)cc3)cnc2c1. The van der Waals surface area contributed by atoms with E-state index >= 15 is 0 Å². The largest absolute Gasteiger partial charge is 0.358 e. The van der Waals surface area contributed by atoms with Gasteiger partial charge in [-0.05, 0) is 48.5 Å². The lowest BCUT2D eigenvalue weighted by Gasteiger charge is -2.14. The molecule has 2 N–H and O–H groups in total. The lowest BCUT2D eigenvalue weighted by molar-refractivity contribution is 0.256. The topological polar surface area (TPSA) is 126 Å². The number of aliphatic imine (C=N–C) groups is 1. The van der Waals surface area contributed by atoms with Gasteiger partial charge in [-0.3, -0.25) is 14.4 Å². The second-order valence-corrected chi connectivity index (χ2v) is 11.6. The molecule has 0 saturated carbocycles. The van der Waals surface area contributed by atoms with Gasteiger partial charge in [-0.25, -0.2) is 22.9 Å². The Morgan fingerprint density at radius 3 is 2.56 bits per heavy atom. The standard InChI is InChI=1S/C23H19ClN6O4S2/c1-29-11-10-25-21(29)14-2-7-17-18(12-14)26-13-30(22(17)31)16-5-3-15(4-6-16)27-23(32)28-36(33,34)20-9-8-19(24)35-20/h2-9,12-13H,10-11H2,1H3,(H2,27,28,32). The van der Waals surface area contributed by atoms with Crippen molar-refractivity contribution >= 4 is 61.4 Å². The number of sulfonamides is 1. The predicted octanol–water partition coefficient (Wildman–Crippen LogP) is 3.30.